The monoisotopic (exact) mass is 403 g/mol. The molecule has 0 aliphatic rings. The van der Waals surface area contributed by atoms with Crippen LogP contribution in [0.2, 0.25) is 0 Å². The first-order chi connectivity index (χ1) is 14.1. The summed E-state index contributed by atoms with van der Waals surface area (Å²) in [5, 5.41) is 21.7. The Balaban J connectivity index is 1.89. The lowest BCUT2D eigenvalue weighted by molar-refractivity contribution is -0.121. The summed E-state index contributed by atoms with van der Waals surface area (Å²) in [6, 6.07) is 4.75. The van der Waals surface area contributed by atoms with Gasteiger partial charge in [-0.1, -0.05) is 70.1 Å². The van der Waals surface area contributed by atoms with Gasteiger partial charge in [-0.05, 0) is 56.2 Å². The summed E-state index contributed by atoms with van der Waals surface area (Å²) < 4.78 is 0. The molecule has 1 aromatic rings. The molecule has 0 saturated carbocycles. The van der Waals surface area contributed by atoms with Crippen molar-refractivity contribution < 1.29 is 15.0 Å². The number of carbonyl (C=O) groups excluding carboxylic acids is 1. The minimum Gasteiger partial charge on any atom is -0.504 e. The third-order valence-electron chi connectivity index (χ3n) is 5.19. The van der Waals surface area contributed by atoms with E-state index in [4.69, 9.17) is 0 Å². The number of allylic oxidation sites excluding steroid dienone is 2. The van der Waals surface area contributed by atoms with E-state index in [9.17, 15) is 15.0 Å². The van der Waals surface area contributed by atoms with Crippen molar-refractivity contribution in [1.82, 2.24) is 5.32 Å². The number of phenolic OH excluding ortho intramolecular Hbond substituents is 2. The molecule has 4 nitrogen and oxygen atoms in total. The predicted octanol–water partition coefficient (Wildman–Crippen LogP) is 6.40. The average Bonchev–Trinajstić information content (AvgIpc) is 2.71. The number of hydrogen-bond acceptors (Lipinski definition) is 3. The van der Waals surface area contributed by atoms with E-state index in [2.05, 4.69) is 24.4 Å². The number of benzene rings is 1. The zero-order valence-electron chi connectivity index (χ0n) is 18.3. The van der Waals surface area contributed by atoms with Gasteiger partial charge in [-0.2, -0.15) is 0 Å². The number of unbranched alkanes of at least 4 members (excludes halogenated alkanes) is 10. The van der Waals surface area contributed by atoms with Crippen LogP contribution in [-0.2, 0) is 11.2 Å². The number of aromatic hydroxyl groups is 2. The fourth-order valence-corrected chi connectivity index (χ4v) is 3.34. The van der Waals surface area contributed by atoms with Gasteiger partial charge in [0.05, 0.1) is 0 Å². The highest BCUT2D eigenvalue weighted by Crippen LogP contribution is 2.24. The highest BCUT2D eigenvalue weighted by Gasteiger charge is 2.03. The third kappa shape index (κ3) is 13.8. The van der Waals surface area contributed by atoms with E-state index in [0.29, 0.717) is 19.4 Å². The molecule has 4 heteroatoms. The number of carbonyl (C=O) groups is 1. The SMILES string of the molecule is CCCCCCCC/C=C\CCCCCCC(=O)NCCc1ccc(O)c(O)c1. The van der Waals surface area contributed by atoms with E-state index in [1.54, 1.807) is 6.07 Å². The van der Waals surface area contributed by atoms with Crippen LogP contribution >= 0.6 is 0 Å². The molecular weight excluding hydrogens is 362 g/mol. The van der Waals surface area contributed by atoms with E-state index in [0.717, 1.165) is 24.8 Å². The maximum atomic E-state index is 11.9. The Morgan fingerprint density at radius 2 is 1.48 bits per heavy atom. The summed E-state index contributed by atoms with van der Waals surface area (Å²) in [4.78, 5) is 11.9. The second kappa shape index (κ2) is 16.9. The van der Waals surface area contributed by atoms with Crippen LogP contribution in [0.25, 0.3) is 0 Å². The normalized spacial score (nSPS) is 11.2. The van der Waals surface area contributed by atoms with Crippen LogP contribution in [0, 0.1) is 0 Å². The number of nitrogens with one attached hydrogen (secondary N) is 1. The van der Waals surface area contributed by atoms with Crippen LogP contribution in [0.15, 0.2) is 30.4 Å². The lowest BCUT2D eigenvalue weighted by atomic mass is 10.1. The zero-order chi connectivity index (χ0) is 21.2. The van der Waals surface area contributed by atoms with Crippen molar-refractivity contribution in [3.63, 3.8) is 0 Å². The molecule has 0 saturated heterocycles. The Hall–Kier alpha value is -1.97. The summed E-state index contributed by atoms with van der Waals surface area (Å²) in [6.07, 6.45) is 20.8. The van der Waals surface area contributed by atoms with Crippen molar-refractivity contribution >= 4 is 5.91 Å². The Bertz CT molecular complexity index is 583. The van der Waals surface area contributed by atoms with Crippen LogP contribution in [-0.4, -0.2) is 22.7 Å². The molecular formula is C25H41NO3. The van der Waals surface area contributed by atoms with Crippen LogP contribution in [0.5, 0.6) is 11.5 Å². The van der Waals surface area contributed by atoms with Gasteiger partial charge in [-0.15, -0.1) is 0 Å². The molecule has 0 unspecified atom stereocenters. The summed E-state index contributed by atoms with van der Waals surface area (Å²) in [5.74, 6) is -0.149. The van der Waals surface area contributed by atoms with E-state index < -0.39 is 0 Å². The topological polar surface area (TPSA) is 69.6 Å². The Morgan fingerprint density at radius 3 is 2.14 bits per heavy atom. The van der Waals surface area contributed by atoms with Gasteiger partial charge in [0.15, 0.2) is 11.5 Å². The van der Waals surface area contributed by atoms with Gasteiger partial charge in [0.2, 0.25) is 5.91 Å². The largest absolute Gasteiger partial charge is 0.504 e. The van der Waals surface area contributed by atoms with Crippen LogP contribution in [0.4, 0.5) is 0 Å². The molecule has 1 aromatic carbocycles. The average molecular weight is 404 g/mol. The van der Waals surface area contributed by atoms with Gasteiger partial charge in [-0.25, -0.2) is 0 Å². The fourth-order valence-electron chi connectivity index (χ4n) is 3.34. The van der Waals surface area contributed by atoms with Gasteiger partial charge in [0, 0.05) is 13.0 Å². The number of phenols is 2. The molecule has 0 radical (unpaired) electrons. The van der Waals surface area contributed by atoms with Crippen LogP contribution in [0.3, 0.4) is 0 Å². The summed E-state index contributed by atoms with van der Waals surface area (Å²) in [6.45, 7) is 2.80. The first-order valence-corrected chi connectivity index (χ1v) is 11.6. The lowest BCUT2D eigenvalue weighted by Gasteiger charge is -2.06. The van der Waals surface area contributed by atoms with Crippen molar-refractivity contribution in [3.05, 3.63) is 35.9 Å². The summed E-state index contributed by atoms with van der Waals surface area (Å²) >= 11 is 0. The molecule has 1 amide bonds. The molecule has 0 aliphatic heterocycles. The van der Waals surface area contributed by atoms with Gasteiger partial charge < -0.3 is 15.5 Å². The van der Waals surface area contributed by atoms with E-state index in [1.165, 1.54) is 69.9 Å². The number of rotatable bonds is 17. The van der Waals surface area contributed by atoms with Gasteiger partial charge in [0.25, 0.3) is 0 Å². The first kappa shape index (κ1) is 25.1. The summed E-state index contributed by atoms with van der Waals surface area (Å²) in [5.41, 5.74) is 0.894. The molecule has 164 valence electrons. The summed E-state index contributed by atoms with van der Waals surface area (Å²) in [7, 11) is 0. The van der Waals surface area contributed by atoms with Crippen molar-refractivity contribution in [3.8, 4) is 11.5 Å². The standard InChI is InChI=1S/C25H41NO3/c1-2-3-4-5-6-7-8-9-10-11-12-13-14-15-16-25(29)26-20-19-22-17-18-23(27)24(28)21-22/h9-10,17-18,21,27-28H,2-8,11-16,19-20H2,1H3,(H,26,29)/b10-9-. The quantitative estimate of drug-likeness (QED) is 0.160. The number of amides is 1. The van der Waals surface area contributed by atoms with Gasteiger partial charge in [-0.3, -0.25) is 4.79 Å². The molecule has 0 atom stereocenters. The fraction of sp³-hybridized carbons (Fsp3) is 0.640. The predicted molar refractivity (Wildman–Crippen MR) is 121 cm³/mol. The highest BCUT2D eigenvalue weighted by atomic mass is 16.3. The molecule has 0 fully saturated rings. The van der Waals surface area contributed by atoms with Crippen molar-refractivity contribution in [1.29, 1.82) is 0 Å². The maximum Gasteiger partial charge on any atom is 0.220 e. The zero-order valence-corrected chi connectivity index (χ0v) is 18.3. The molecule has 29 heavy (non-hydrogen) atoms. The lowest BCUT2D eigenvalue weighted by Crippen LogP contribution is -2.25. The second-order valence-corrected chi connectivity index (χ2v) is 7.90. The van der Waals surface area contributed by atoms with Crippen molar-refractivity contribution in [2.45, 2.75) is 96.8 Å². The van der Waals surface area contributed by atoms with E-state index in [-0.39, 0.29) is 17.4 Å². The second-order valence-electron chi connectivity index (χ2n) is 7.90. The van der Waals surface area contributed by atoms with E-state index in [1.807, 2.05) is 0 Å². The van der Waals surface area contributed by atoms with Crippen LogP contribution < -0.4 is 5.32 Å². The van der Waals surface area contributed by atoms with Crippen molar-refractivity contribution in [2.75, 3.05) is 6.54 Å². The Kier molecular flexibility index (Phi) is 14.6. The van der Waals surface area contributed by atoms with E-state index >= 15 is 0 Å². The minimum atomic E-state index is -0.119. The van der Waals surface area contributed by atoms with Gasteiger partial charge >= 0.3 is 0 Å². The smallest absolute Gasteiger partial charge is 0.220 e. The molecule has 0 bridgehead atoms. The highest BCUT2D eigenvalue weighted by molar-refractivity contribution is 5.75. The molecule has 0 heterocycles. The Labute approximate surface area is 177 Å². The minimum absolute atomic E-state index is 0.0897. The Morgan fingerprint density at radius 1 is 0.862 bits per heavy atom. The molecule has 3 N–H and O–H groups in total. The first-order valence-electron chi connectivity index (χ1n) is 11.6. The molecule has 0 aromatic heterocycles. The molecule has 0 spiro atoms. The van der Waals surface area contributed by atoms with Crippen LogP contribution in [0.1, 0.15) is 96.0 Å². The molecule has 1 rings (SSSR count). The molecule has 0 aliphatic carbocycles. The van der Waals surface area contributed by atoms with Crippen molar-refractivity contribution in [2.24, 2.45) is 0 Å². The maximum absolute atomic E-state index is 11.9. The van der Waals surface area contributed by atoms with Gasteiger partial charge in [0.1, 0.15) is 0 Å². The third-order valence-corrected chi connectivity index (χ3v) is 5.19. The number of hydrogen-bond donors (Lipinski definition) is 3.